The minimum Gasteiger partial charge on any atom is -0.478 e. The van der Waals surface area contributed by atoms with Gasteiger partial charge in [0.2, 0.25) is 0 Å². The highest BCUT2D eigenvalue weighted by molar-refractivity contribution is 5.92. The van der Waals surface area contributed by atoms with Crippen molar-refractivity contribution in [1.29, 1.82) is 0 Å². The van der Waals surface area contributed by atoms with Crippen LogP contribution in [0.4, 0.5) is 5.82 Å². The van der Waals surface area contributed by atoms with Crippen LogP contribution in [-0.2, 0) is 0 Å². The van der Waals surface area contributed by atoms with Gasteiger partial charge in [-0.2, -0.15) is 5.10 Å². The zero-order valence-corrected chi connectivity index (χ0v) is 10.4. The van der Waals surface area contributed by atoms with E-state index in [9.17, 15) is 4.79 Å². The Morgan fingerprint density at radius 3 is 2.65 bits per heavy atom. The summed E-state index contributed by atoms with van der Waals surface area (Å²) in [5, 5.41) is 16.6. The summed E-state index contributed by atoms with van der Waals surface area (Å²) in [6.07, 6.45) is 2.33. The monoisotopic (exact) mass is 238 g/mol. The summed E-state index contributed by atoms with van der Waals surface area (Å²) in [4.78, 5) is 14.9. The highest BCUT2D eigenvalue weighted by atomic mass is 16.4. The van der Waals surface area contributed by atoms with Gasteiger partial charge in [-0.05, 0) is 33.1 Å². The van der Waals surface area contributed by atoms with Gasteiger partial charge in [-0.3, -0.25) is 0 Å². The van der Waals surface area contributed by atoms with E-state index in [1.54, 1.807) is 0 Å². The molecule has 1 rings (SSSR count). The summed E-state index contributed by atoms with van der Waals surface area (Å²) >= 11 is 0. The lowest BCUT2D eigenvalue weighted by atomic mass is 10.2. The predicted octanol–water partition coefficient (Wildman–Crippen LogP) is 0.563. The molecule has 0 saturated heterocycles. The van der Waals surface area contributed by atoms with Gasteiger partial charge < -0.3 is 14.9 Å². The van der Waals surface area contributed by atoms with E-state index in [1.807, 2.05) is 26.0 Å². The Labute approximate surface area is 101 Å². The van der Waals surface area contributed by atoms with Crippen LogP contribution >= 0.6 is 0 Å². The summed E-state index contributed by atoms with van der Waals surface area (Å²) < 4.78 is 0. The first-order valence-corrected chi connectivity index (χ1v) is 5.43. The van der Waals surface area contributed by atoms with Gasteiger partial charge in [0.1, 0.15) is 5.56 Å². The molecule has 0 bridgehead atoms. The lowest BCUT2D eigenvalue weighted by Gasteiger charge is -2.20. The highest BCUT2D eigenvalue weighted by Gasteiger charge is 2.14. The third kappa shape index (κ3) is 3.99. The second-order valence-electron chi connectivity index (χ2n) is 4.15. The lowest BCUT2D eigenvalue weighted by Crippen LogP contribution is -2.26. The average Bonchev–Trinajstić information content (AvgIpc) is 2.28. The van der Waals surface area contributed by atoms with E-state index in [1.165, 1.54) is 12.3 Å². The molecule has 1 heterocycles. The molecule has 0 fully saturated rings. The Morgan fingerprint density at radius 1 is 1.35 bits per heavy atom. The Hall–Kier alpha value is -1.69. The summed E-state index contributed by atoms with van der Waals surface area (Å²) in [7, 11) is 5.84. The standard InChI is InChI=1S/C11H18N4O2/c1-14(2)7-4-8-15(3)10-9(11(16)17)5-6-12-13-10/h5-6H,4,7-8H2,1-3H3,(H,16,17). The van der Waals surface area contributed by atoms with Crippen molar-refractivity contribution >= 4 is 11.8 Å². The number of rotatable bonds is 6. The van der Waals surface area contributed by atoms with Crippen LogP contribution in [0.2, 0.25) is 0 Å². The second-order valence-corrected chi connectivity index (χ2v) is 4.15. The van der Waals surface area contributed by atoms with E-state index in [0.29, 0.717) is 5.82 Å². The van der Waals surface area contributed by atoms with E-state index in [4.69, 9.17) is 5.11 Å². The molecule has 17 heavy (non-hydrogen) atoms. The normalized spacial score (nSPS) is 10.6. The smallest absolute Gasteiger partial charge is 0.339 e. The van der Waals surface area contributed by atoms with E-state index >= 15 is 0 Å². The van der Waals surface area contributed by atoms with Gasteiger partial charge in [-0.25, -0.2) is 4.79 Å². The molecule has 0 saturated carbocycles. The average molecular weight is 238 g/mol. The van der Waals surface area contributed by atoms with E-state index < -0.39 is 5.97 Å². The van der Waals surface area contributed by atoms with Crippen molar-refractivity contribution in [2.24, 2.45) is 0 Å². The Bertz CT molecular complexity index is 381. The fourth-order valence-corrected chi connectivity index (χ4v) is 1.50. The van der Waals surface area contributed by atoms with Gasteiger partial charge in [-0.1, -0.05) is 0 Å². The number of aromatic nitrogens is 2. The molecule has 1 N–H and O–H groups in total. The molecule has 1 aromatic rings. The number of aromatic carboxylic acids is 1. The van der Waals surface area contributed by atoms with Gasteiger partial charge in [0.25, 0.3) is 0 Å². The Morgan fingerprint density at radius 2 is 2.06 bits per heavy atom. The van der Waals surface area contributed by atoms with Crippen LogP contribution in [0.1, 0.15) is 16.8 Å². The van der Waals surface area contributed by atoms with Crippen LogP contribution in [0.3, 0.4) is 0 Å². The number of hydrogen-bond acceptors (Lipinski definition) is 5. The quantitative estimate of drug-likeness (QED) is 0.781. The number of carboxylic acids is 1. The summed E-state index contributed by atoms with van der Waals surface area (Å²) in [5.74, 6) is -0.562. The molecule has 94 valence electrons. The first kappa shape index (κ1) is 13.4. The first-order valence-electron chi connectivity index (χ1n) is 5.43. The van der Waals surface area contributed by atoms with Crippen LogP contribution in [0.5, 0.6) is 0 Å². The molecule has 0 aliphatic carbocycles. The maximum atomic E-state index is 11.0. The van der Waals surface area contributed by atoms with Crippen molar-refractivity contribution < 1.29 is 9.90 Å². The lowest BCUT2D eigenvalue weighted by molar-refractivity contribution is 0.0697. The molecule has 0 unspecified atom stereocenters. The predicted molar refractivity (Wildman–Crippen MR) is 65.4 cm³/mol. The van der Waals surface area contributed by atoms with Crippen molar-refractivity contribution in [3.63, 3.8) is 0 Å². The minimum absolute atomic E-state index is 0.187. The fourth-order valence-electron chi connectivity index (χ4n) is 1.50. The van der Waals surface area contributed by atoms with Gasteiger partial charge in [0, 0.05) is 13.6 Å². The van der Waals surface area contributed by atoms with Crippen LogP contribution < -0.4 is 4.90 Å². The summed E-state index contributed by atoms with van der Waals surface area (Å²) in [6.45, 7) is 1.70. The molecule has 6 nitrogen and oxygen atoms in total. The number of hydrogen-bond donors (Lipinski definition) is 1. The molecule has 1 aromatic heterocycles. The second kappa shape index (κ2) is 6.15. The van der Waals surface area contributed by atoms with Crippen molar-refractivity contribution in [2.75, 3.05) is 39.1 Å². The van der Waals surface area contributed by atoms with Gasteiger partial charge in [0.15, 0.2) is 5.82 Å². The van der Waals surface area contributed by atoms with Crippen molar-refractivity contribution in [3.8, 4) is 0 Å². The Balaban J connectivity index is 2.68. The molecule has 0 aliphatic heterocycles. The number of carbonyl (C=O) groups is 1. The highest BCUT2D eigenvalue weighted by Crippen LogP contribution is 2.14. The molecule has 0 spiro atoms. The summed E-state index contributed by atoms with van der Waals surface area (Å²) in [5.41, 5.74) is 0.187. The minimum atomic E-state index is -0.977. The van der Waals surface area contributed by atoms with Gasteiger partial charge in [0.05, 0.1) is 6.20 Å². The van der Waals surface area contributed by atoms with E-state index in [-0.39, 0.29) is 5.56 Å². The molecule has 0 amide bonds. The van der Waals surface area contributed by atoms with Crippen molar-refractivity contribution in [2.45, 2.75) is 6.42 Å². The van der Waals surface area contributed by atoms with Crippen molar-refractivity contribution in [3.05, 3.63) is 17.8 Å². The van der Waals surface area contributed by atoms with Crippen LogP contribution in [0.25, 0.3) is 0 Å². The SMILES string of the molecule is CN(C)CCCN(C)c1nnccc1C(=O)O. The third-order valence-corrected chi connectivity index (χ3v) is 2.39. The molecule has 0 atom stereocenters. The topological polar surface area (TPSA) is 69.6 Å². The van der Waals surface area contributed by atoms with Crippen LogP contribution in [0.15, 0.2) is 12.3 Å². The zero-order chi connectivity index (χ0) is 12.8. The molecule has 6 heteroatoms. The van der Waals surface area contributed by atoms with Crippen molar-refractivity contribution in [1.82, 2.24) is 15.1 Å². The number of carboxylic acid groups (broad SMARTS) is 1. The number of anilines is 1. The number of nitrogens with zero attached hydrogens (tertiary/aromatic N) is 4. The maximum absolute atomic E-state index is 11.0. The molecular formula is C11H18N4O2. The third-order valence-electron chi connectivity index (χ3n) is 2.39. The fraction of sp³-hybridized carbons (Fsp3) is 0.545. The van der Waals surface area contributed by atoms with Gasteiger partial charge >= 0.3 is 5.97 Å². The van der Waals surface area contributed by atoms with Crippen LogP contribution in [-0.4, -0.2) is 60.4 Å². The van der Waals surface area contributed by atoms with Crippen LogP contribution in [0, 0.1) is 0 Å². The maximum Gasteiger partial charge on any atom is 0.339 e. The first-order chi connectivity index (χ1) is 8.02. The molecule has 0 aromatic carbocycles. The molecular weight excluding hydrogens is 220 g/mol. The molecule has 0 radical (unpaired) electrons. The van der Waals surface area contributed by atoms with E-state index in [2.05, 4.69) is 15.1 Å². The largest absolute Gasteiger partial charge is 0.478 e. The van der Waals surface area contributed by atoms with Gasteiger partial charge in [-0.15, -0.1) is 5.10 Å². The summed E-state index contributed by atoms with van der Waals surface area (Å²) in [6, 6.07) is 1.47. The zero-order valence-electron chi connectivity index (χ0n) is 10.4. The Kier molecular flexibility index (Phi) is 4.84. The van der Waals surface area contributed by atoms with E-state index in [0.717, 1.165) is 19.5 Å². The molecule has 0 aliphatic rings.